The molecular weight excluding hydrogens is 671 g/mol. The molecule has 52 heavy (non-hydrogen) atoms. The fourth-order valence-electron chi connectivity index (χ4n) is 7.09. The molecule has 2 N–H and O–H groups in total. The number of thiophene rings is 1. The first-order valence-corrected chi connectivity index (χ1v) is 18.2. The van der Waals surface area contributed by atoms with Crippen LogP contribution in [0.15, 0.2) is 140 Å². The standard InChI is InChI=1S/C43H39N3O5S/c1-49-34-18-16-33(17-19-34)43(31-10-6-3-7-11-31,32-14-12-30(26-47)13-15-32)50-27-38-37(48)25-40(51-38)46-28-45-41-36(22-23-44-42(41)46)39-21-20-35(52-39)24-29-8-4-2-5-9-29/h2-23,28,37-38,40,47-48H,24-27H2,1H3/t37-,38-,40-,43?/m1/s1. The van der Waals surface area contributed by atoms with E-state index in [9.17, 15) is 10.2 Å². The van der Waals surface area contributed by atoms with E-state index in [1.807, 2.05) is 102 Å². The van der Waals surface area contributed by atoms with E-state index < -0.39 is 24.0 Å². The highest BCUT2D eigenvalue weighted by molar-refractivity contribution is 7.15. The predicted molar refractivity (Wildman–Crippen MR) is 202 cm³/mol. The molecule has 3 aromatic heterocycles. The molecule has 0 aliphatic carbocycles. The molecule has 1 unspecified atom stereocenters. The minimum atomic E-state index is -1.05. The number of fused-ring (bicyclic) bond motifs is 1. The monoisotopic (exact) mass is 709 g/mol. The first-order chi connectivity index (χ1) is 25.6. The van der Waals surface area contributed by atoms with Gasteiger partial charge in [-0.15, -0.1) is 11.3 Å². The molecule has 4 aromatic carbocycles. The summed E-state index contributed by atoms with van der Waals surface area (Å²) in [5, 5.41) is 21.2. The Morgan fingerprint density at radius 2 is 1.50 bits per heavy atom. The number of hydrogen-bond acceptors (Lipinski definition) is 8. The number of rotatable bonds is 12. The average Bonchev–Trinajstić information content (AvgIpc) is 3.95. The fourth-order valence-corrected chi connectivity index (χ4v) is 8.16. The lowest BCUT2D eigenvalue weighted by atomic mass is 9.79. The molecule has 0 radical (unpaired) electrons. The van der Waals surface area contributed by atoms with Crippen LogP contribution in [0.25, 0.3) is 21.6 Å². The number of aliphatic hydroxyl groups is 2. The Morgan fingerprint density at radius 1 is 0.808 bits per heavy atom. The Bertz CT molecular complexity index is 2190. The smallest absolute Gasteiger partial charge is 0.162 e. The van der Waals surface area contributed by atoms with Gasteiger partial charge in [-0.1, -0.05) is 97.1 Å². The molecule has 9 heteroatoms. The number of aliphatic hydroxyl groups excluding tert-OH is 2. The van der Waals surface area contributed by atoms with Crippen LogP contribution in [0.1, 0.15) is 45.3 Å². The van der Waals surface area contributed by atoms with Gasteiger partial charge in [-0.3, -0.25) is 4.57 Å². The highest BCUT2D eigenvalue weighted by Gasteiger charge is 2.42. The number of nitrogens with zero attached hydrogens (tertiary/aromatic N) is 3. The third kappa shape index (κ3) is 6.53. The van der Waals surface area contributed by atoms with Crippen LogP contribution in [0.4, 0.5) is 0 Å². The lowest BCUT2D eigenvalue weighted by molar-refractivity contribution is -0.0931. The van der Waals surface area contributed by atoms with E-state index in [0.29, 0.717) is 12.1 Å². The molecule has 0 spiro atoms. The number of ether oxygens (including phenoxy) is 3. The molecule has 4 atom stereocenters. The molecule has 8 nitrogen and oxygen atoms in total. The van der Waals surface area contributed by atoms with Crippen LogP contribution in [0.2, 0.25) is 0 Å². The van der Waals surface area contributed by atoms with E-state index in [1.54, 1.807) is 24.8 Å². The summed E-state index contributed by atoms with van der Waals surface area (Å²) in [6.07, 6.45) is 2.91. The first-order valence-electron chi connectivity index (χ1n) is 17.4. The minimum Gasteiger partial charge on any atom is -0.497 e. The molecule has 1 saturated heterocycles. The number of aromatic nitrogens is 3. The van der Waals surface area contributed by atoms with Gasteiger partial charge in [-0.2, -0.15) is 0 Å². The second-order valence-corrected chi connectivity index (χ2v) is 14.2. The highest BCUT2D eigenvalue weighted by Crippen LogP contribution is 2.43. The number of hydrogen-bond donors (Lipinski definition) is 2. The zero-order valence-electron chi connectivity index (χ0n) is 28.7. The summed E-state index contributed by atoms with van der Waals surface area (Å²) in [6, 6.07) is 42.5. The summed E-state index contributed by atoms with van der Waals surface area (Å²) in [5.41, 5.74) is 6.22. The van der Waals surface area contributed by atoms with Crippen molar-refractivity contribution in [2.24, 2.45) is 0 Å². The molecule has 7 aromatic rings. The van der Waals surface area contributed by atoms with Gasteiger partial charge < -0.3 is 24.4 Å². The molecule has 1 aliphatic rings. The number of pyridine rings is 1. The predicted octanol–water partition coefficient (Wildman–Crippen LogP) is 7.91. The van der Waals surface area contributed by atoms with Crippen molar-refractivity contribution in [1.82, 2.24) is 14.5 Å². The molecule has 8 rings (SSSR count). The molecule has 262 valence electrons. The van der Waals surface area contributed by atoms with E-state index in [0.717, 1.165) is 50.4 Å². The van der Waals surface area contributed by atoms with Crippen molar-refractivity contribution in [3.8, 4) is 16.2 Å². The molecule has 1 aliphatic heterocycles. The van der Waals surface area contributed by atoms with Gasteiger partial charge in [0.2, 0.25) is 0 Å². The Hall–Kier alpha value is -5.16. The molecule has 0 bridgehead atoms. The van der Waals surface area contributed by atoms with Gasteiger partial charge >= 0.3 is 0 Å². The maximum atomic E-state index is 11.4. The van der Waals surface area contributed by atoms with Crippen LogP contribution in [0.5, 0.6) is 5.75 Å². The van der Waals surface area contributed by atoms with Crippen LogP contribution >= 0.6 is 11.3 Å². The fraction of sp³-hybridized carbons (Fsp3) is 0.209. The van der Waals surface area contributed by atoms with Gasteiger partial charge in [0.1, 0.15) is 29.2 Å². The van der Waals surface area contributed by atoms with Crippen LogP contribution < -0.4 is 4.74 Å². The number of imidazole rings is 1. The quantitative estimate of drug-likeness (QED) is 0.125. The van der Waals surface area contributed by atoms with Gasteiger partial charge in [0.25, 0.3) is 0 Å². The average molecular weight is 710 g/mol. The van der Waals surface area contributed by atoms with Gasteiger partial charge in [-0.25, -0.2) is 9.97 Å². The van der Waals surface area contributed by atoms with Gasteiger partial charge in [-0.05, 0) is 58.1 Å². The maximum Gasteiger partial charge on any atom is 0.162 e. The number of methoxy groups -OCH3 is 1. The van der Waals surface area contributed by atoms with Crippen molar-refractivity contribution < 1.29 is 24.4 Å². The SMILES string of the molecule is COc1ccc(C(OC[C@H]2O[C@@H](n3cnc4c(-c5ccc(Cc6ccccc6)s5)ccnc43)C[C@H]2O)(c2ccccc2)c2ccc(CO)cc2)cc1. The second kappa shape index (κ2) is 14.8. The van der Waals surface area contributed by atoms with Crippen molar-refractivity contribution in [1.29, 1.82) is 0 Å². The zero-order chi connectivity index (χ0) is 35.5. The van der Waals surface area contributed by atoms with E-state index in [1.165, 1.54) is 10.4 Å². The van der Waals surface area contributed by atoms with Gasteiger partial charge in [0.05, 0.1) is 32.8 Å². The van der Waals surface area contributed by atoms with Crippen molar-refractivity contribution in [2.75, 3.05) is 13.7 Å². The summed E-state index contributed by atoms with van der Waals surface area (Å²) in [4.78, 5) is 11.9. The Kier molecular flexibility index (Phi) is 9.68. The van der Waals surface area contributed by atoms with Crippen molar-refractivity contribution in [2.45, 2.75) is 43.5 Å². The van der Waals surface area contributed by atoms with Crippen LogP contribution in [-0.4, -0.2) is 50.7 Å². The third-order valence-corrected chi connectivity index (χ3v) is 10.9. The summed E-state index contributed by atoms with van der Waals surface area (Å²) in [6.45, 7) is 0.0401. The zero-order valence-corrected chi connectivity index (χ0v) is 29.5. The van der Waals surface area contributed by atoms with Crippen LogP contribution in [-0.2, 0) is 28.1 Å². The van der Waals surface area contributed by atoms with E-state index in [-0.39, 0.29) is 13.2 Å². The van der Waals surface area contributed by atoms with Crippen molar-refractivity contribution in [3.05, 3.63) is 173 Å². The lowest BCUT2D eigenvalue weighted by Gasteiger charge is -2.37. The normalized spacial score (nSPS) is 18.4. The molecule has 1 fully saturated rings. The highest BCUT2D eigenvalue weighted by atomic mass is 32.1. The van der Waals surface area contributed by atoms with E-state index in [2.05, 4.69) is 36.4 Å². The van der Waals surface area contributed by atoms with Gasteiger partial charge in [0, 0.05) is 34.4 Å². The molecular formula is C43H39N3O5S. The maximum absolute atomic E-state index is 11.4. The summed E-state index contributed by atoms with van der Waals surface area (Å²) < 4.78 is 21.0. The summed E-state index contributed by atoms with van der Waals surface area (Å²) in [5.74, 6) is 0.731. The minimum absolute atomic E-state index is 0.0621. The Labute approximate surface area is 306 Å². The van der Waals surface area contributed by atoms with Crippen molar-refractivity contribution >= 4 is 22.5 Å². The first kappa shape index (κ1) is 34.0. The summed E-state index contributed by atoms with van der Waals surface area (Å²) >= 11 is 1.76. The van der Waals surface area contributed by atoms with Crippen LogP contribution in [0, 0.1) is 0 Å². The summed E-state index contributed by atoms with van der Waals surface area (Å²) in [7, 11) is 1.64. The van der Waals surface area contributed by atoms with E-state index in [4.69, 9.17) is 24.2 Å². The van der Waals surface area contributed by atoms with E-state index >= 15 is 0 Å². The third-order valence-electron chi connectivity index (χ3n) is 9.81. The van der Waals surface area contributed by atoms with Crippen LogP contribution in [0.3, 0.4) is 0 Å². The molecule has 4 heterocycles. The topological polar surface area (TPSA) is 98.9 Å². The Balaban J connectivity index is 1.08. The van der Waals surface area contributed by atoms with Crippen molar-refractivity contribution in [3.63, 3.8) is 0 Å². The lowest BCUT2D eigenvalue weighted by Crippen LogP contribution is -2.38. The molecule has 0 amide bonds. The largest absolute Gasteiger partial charge is 0.497 e. The van der Waals surface area contributed by atoms with Gasteiger partial charge in [0.15, 0.2) is 5.65 Å². The second-order valence-electron chi connectivity index (χ2n) is 13.0. The Morgan fingerprint density at radius 3 is 2.21 bits per heavy atom. The molecule has 0 saturated carbocycles. The number of benzene rings is 4.